The van der Waals surface area contributed by atoms with Crippen LogP contribution in [0.4, 0.5) is 5.69 Å². The van der Waals surface area contributed by atoms with Crippen molar-refractivity contribution in [3.05, 3.63) is 50.2 Å². The fourth-order valence-corrected chi connectivity index (χ4v) is 1.55. The summed E-state index contributed by atoms with van der Waals surface area (Å²) in [6, 6.07) is 4.75. The van der Waals surface area contributed by atoms with Gasteiger partial charge in [0.1, 0.15) is 0 Å². The summed E-state index contributed by atoms with van der Waals surface area (Å²) in [5.41, 5.74) is 8.39. The quantitative estimate of drug-likeness (QED) is 0.447. The van der Waals surface area contributed by atoms with Gasteiger partial charge in [0.2, 0.25) is 0 Å². The molecule has 15 heavy (non-hydrogen) atoms. The third-order valence-electron chi connectivity index (χ3n) is 2.00. The standard InChI is InChI=1S/C9H5ClN4O/c10-8-4-12-9(15)7-3-5(13-14-11)1-2-6(7)8/h1-4H,(H,12,15). The van der Waals surface area contributed by atoms with Crippen molar-refractivity contribution in [3.8, 4) is 0 Å². The van der Waals surface area contributed by atoms with E-state index in [1.807, 2.05) is 0 Å². The summed E-state index contributed by atoms with van der Waals surface area (Å²) in [6.45, 7) is 0. The maximum Gasteiger partial charge on any atom is 0.255 e. The summed E-state index contributed by atoms with van der Waals surface area (Å²) < 4.78 is 0. The number of fused-ring (bicyclic) bond motifs is 1. The van der Waals surface area contributed by atoms with Crippen molar-refractivity contribution < 1.29 is 0 Å². The molecule has 2 aromatic rings. The van der Waals surface area contributed by atoms with Crippen LogP contribution in [-0.4, -0.2) is 4.98 Å². The van der Waals surface area contributed by atoms with E-state index in [2.05, 4.69) is 15.0 Å². The molecule has 0 unspecified atom stereocenters. The average molecular weight is 221 g/mol. The van der Waals surface area contributed by atoms with Gasteiger partial charge < -0.3 is 4.98 Å². The van der Waals surface area contributed by atoms with Crippen LogP contribution in [0.2, 0.25) is 5.02 Å². The zero-order chi connectivity index (χ0) is 10.8. The van der Waals surface area contributed by atoms with E-state index in [9.17, 15) is 4.79 Å². The van der Waals surface area contributed by atoms with Crippen molar-refractivity contribution in [2.45, 2.75) is 0 Å². The molecular weight excluding hydrogens is 216 g/mol. The molecule has 1 N–H and O–H groups in total. The second-order valence-corrected chi connectivity index (χ2v) is 3.29. The number of halogens is 1. The molecule has 1 aromatic heterocycles. The maximum atomic E-state index is 11.4. The van der Waals surface area contributed by atoms with Crippen molar-refractivity contribution in [2.75, 3.05) is 0 Å². The number of azide groups is 1. The molecule has 0 aliphatic heterocycles. The predicted molar refractivity (Wildman–Crippen MR) is 58.4 cm³/mol. The fraction of sp³-hybridized carbons (Fsp3) is 0. The Morgan fingerprint density at radius 3 is 2.93 bits per heavy atom. The van der Waals surface area contributed by atoms with Gasteiger partial charge in [-0.25, -0.2) is 0 Å². The molecule has 0 aliphatic rings. The van der Waals surface area contributed by atoms with Gasteiger partial charge in [-0.05, 0) is 11.6 Å². The molecule has 0 aliphatic carbocycles. The Hall–Kier alpha value is -1.97. The highest BCUT2D eigenvalue weighted by Crippen LogP contribution is 2.23. The number of aromatic nitrogens is 1. The van der Waals surface area contributed by atoms with Gasteiger partial charge in [-0.2, -0.15) is 0 Å². The third kappa shape index (κ3) is 1.66. The molecule has 0 saturated carbocycles. The van der Waals surface area contributed by atoms with E-state index in [0.29, 0.717) is 21.5 Å². The topological polar surface area (TPSA) is 81.6 Å². The van der Waals surface area contributed by atoms with Gasteiger partial charge in [0.05, 0.1) is 5.02 Å². The lowest BCUT2D eigenvalue weighted by molar-refractivity contribution is 1.28. The number of hydrogen-bond acceptors (Lipinski definition) is 2. The molecule has 74 valence electrons. The van der Waals surface area contributed by atoms with Gasteiger partial charge in [-0.3, -0.25) is 4.79 Å². The number of rotatable bonds is 1. The van der Waals surface area contributed by atoms with Crippen LogP contribution in [0.25, 0.3) is 21.2 Å². The highest BCUT2D eigenvalue weighted by molar-refractivity contribution is 6.35. The number of nitrogens with one attached hydrogen (secondary N) is 1. The SMILES string of the molecule is [N-]=[N+]=Nc1ccc2c(Cl)c[nH]c(=O)c2c1. The molecule has 5 nitrogen and oxygen atoms in total. The Morgan fingerprint density at radius 1 is 1.40 bits per heavy atom. The maximum absolute atomic E-state index is 11.4. The second-order valence-electron chi connectivity index (χ2n) is 2.89. The van der Waals surface area contributed by atoms with Crippen molar-refractivity contribution in [1.82, 2.24) is 4.98 Å². The van der Waals surface area contributed by atoms with Crippen LogP contribution in [0, 0.1) is 0 Å². The van der Waals surface area contributed by atoms with E-state index < -0.39 is 0 Å². The summed E-state index contributed by atoms with van der Waals surface area (Å²) in [5.74, 6) is 0. The Balaban J connectivity index is 2.87. The molecule has 0 radical (unpaired) electrons. The molecule has 2 rings (SSSR count). The Bertz CT molecular complexity index is 628. The first-order valence-electron chi connectivity index (χ1n) is 4.08. The first kappa shape index (κ1) is 9.58. The Kier molecular flexibility index (Phi) is 2.33. The Morgan fingerprint density at radius 2 is 2.20 bits per heavy atom. The van der Waals surface area contributed by atoms with Crippen LogP contribution in [0.1, 0.15) is 0 Å². The van der Waals surface area contributed by atoms with Crippen LogP contribution in [-0.2, 0) is 0 Å². The lowest BCUT2D eigenvalue weighted by atomic mass is 10.1. The molecule has 0 amide bonds. The lowest BCUT2D eigenvalue weighted by Crippen LogP contribution is -2.04. The minimum atomic E-state index is -0.260. The Labute approximate surface area is 88.9 Å². The van der Waals surface area contributed by atoms with Gasteiger partial charge in [0.25, 0.3) is 5.56 Å². The van der Waals surface area contributed by atoms with E-state index in [1.165, 1.54) is 12.3 Å². The van der Waals surface area contributed by atoms with Crippen molar-refractivity contribution in [3.63, 3.8) is 0 Å². The minimum absolute atomic E-state index is 0.260. The molecule has 0 saturated heterocycles. The number of hydrogen-bond donors (Lipinski definition) is 1. The van der Waals surface area contributed by atoms with Crippen molar-refractivity contribution >= 4 is 28.1 Å². The third-order valence-corrected chi connectivity index (χ3v) is 2.31. The smallest absolute Gasteiger partial charge is 0.255 e. The normalized spacial score (nSPS) is 9.93. The first-order chi connectivity index (χ1) is 7.22. The van der Waals surface area contributed by atoms with Crippen LogP contribution in [0.3, 0.4) is 0 Å². The molecule has 0 fully saturated rings. The summed E-state index contributed by atoms with van der Waals surface area (Å²) in [6.07, 6.45) is 1.43. The van der Waals surface area contributed by atoms with Crippen LogP contribution < -0.4 is 5.56 Å². The highest BCUT2D eigenvalue weighted by atomic mass is 35.5. The highest BCUT2D eigenvalue weighted by Gasteiger charge is 2.03. The largest absolute Gasteiger partial charge is 0.327 e. The monoisotopic (exact) mass is 220 g/mol. The van der Waals surface area contributed by atoms with Crippen LogP contribution in [0.15, 0.2) is 34.3 Å². The molecule has 0 atom stereocenters. The zero-order valence-electron chi connectivity index (χ0n) is 7.44. The predicted octanol–water partition coefficient (Wildman–Crippen LogP) is 3.12. The molecule has 0 spiro atoms. The second kappa shape index (κ2) is 3.65. The molecular formula is C9H5ClN4O. The van der Waals surface area contributed by atoms with Gasteiger partial charge in [-0.1, -0.05) is 28.8 Å². The summed E-state index contributed by atoms with van der Waals surface area (Å²) in [7, 11) is 0. The zero-order valence-corrected chi connectivity index (χ0v) is 8.19. The molecule has 6 heteroatoms. The molecule has 0 bridgehead atoms. The number of pyridine rings is 1. The van der Waals surface area contributed by atoms with Crippen LogP contribution in [0.5, 0.6) is 0 Å². The summed E-state index contributed by atoms with van der Waals surface area (Å²) in [5, 5.41) is 4.91. The van der Waals surface area contributed by atoms with E-state index in [0.717, 1.165) is 0 Å². The van der Waals surface area contributed by atoms with E-state index >= 15 is 0 Å². The fourth-order valence-electron chi connectivity index (χ4n) is 1.33. The van der Waals surface area contributed by atoms with Gasteiger partial charge in [0.15, 0.2) is 0 Å². The van der Waals surface area contributed by atoms with E-state index in [1.54, 1.807) is 12.1 Å². The molecule has 1 heterocycles. The van der Waals surface area contributed by atoms with Gasteiger partial charge in [0, 0.05) is 27.6 Å². The lowest BCUT2D eigenvalue weighted by Gasteiger charge is -1.99. The van der Waals surface area contributed by atoms with Gasteiger partial charge >= 0.3 is 0 Å². The number of nitrogens with zero attached hydrogens (tertiary/aromatic N) is 3. The van der Waals surface area contributed by atoms with Crippen molar-refractivity contribution in [2.24, 2.45) is 5.11 Å². The average Bonchev–Trinajstić information content (AvgIpc) is 2.24. The summed E-state index contributed by atoms with van der Waals surface area (Å²) in [4.78, 5) is 16.6. The summed E-state index contributed by atoms with van der Waals surface area (Å²) >= 11 is 5.88. The van der Waals surface area contributed by atoms with E-state index in [-0.39, 0.29) is 5.56 Å². The minimum Gasteiger partial charge on any atom is -0.327 e. The number of benzene rings is 1. The van der Waals surface area contributed by atoms with E-state index in [4.69, 9.17) is 17.1 Å². The number of aromatic amines is 1. The van der Waals surface area contributed by atoms with Crippen LogP contribution >= 0.6 is 11.6 Å². The van der Waals surface area contributed by atoms with Gasteiger partial charge in [-0.15, -0.1) is 0 Å². The molecule has 1 aromatic carbocycles. The number of H-pyrrole nitrogens is 1. The van der Waals surface area contributed by atoms with Crippen molar-refractivity contribution in [1.29, 1.82) is 0 Å². The first-order valence-corrected chi connectivity index (χ1v) is 4.46.